The summed E-state index contributed by atoms with van der Waals surface area (Å²) < 4.78 is 8.79. The van der Waals surface area contributed by atoms with E-state index in [1.807, 2.05) is 90.4 Å². The molecule has 13 heteroatoms. The molecule has 3 aromatic carbocycles. The highest BCUT2D eigenvalue weighted by atomic mass is 32.1. The number of amides is 2. The summed E-state index contributed by atoms with van der Waals surface area (Å²) in [6, 6.07) is 28.3. The maximum Gasteiger partial charge on any atom is 0.270 e. The molecule has 4 aromatic heterocycles. The third kappa shape index (κ3) is 6.92. The molecular formula is C36H31N9O3S. The van der Waals surface area contributed by atoms with Gasteiger partial charge in [0.15, 0.2) is 5.82 Å². The molecule has 0 radical (unpaired) electrons. The van der Waals surface area contributed by atoms with E-state index in [0.717, 1.165) is 50.0 Å². The first-order valence-electron chi connectivity index (χ1n) is 15.5. The van der Waals surface area contributed by atoms with Gasteiger partial charge in [0.25, 0.3) is 5.91 Å². The van der Waals surface area contributed by atoms with Crippen molar-refractivity contribution >= 4 is 34.2 Å². The highest BCUT2D eigenvalue weighted by molar-refractivity contribution is 7.13. The molecule has 0 unspecified atom stereocenters. The predicted octanol–water partition coefficient (Wildman–Crippen LogP) is 5.37. The summed E-state index contributed by atoms with van der Waals surface area (Å²) in [6.45, 7) is 2.56. The second kappa shape index (κ2) is 13.9. The average Bonchev–Trinajstić information content (AvgIpc) is 3.89. The van der Waals surface area contributed by atoms with E-state index in [1.165, 1.54) is 11.3 Å². The first kappa shape index (κ1) is 31.4. The van der Waals surface area contributed by atoms with Crippen molar-refractivity contribution in [3.05, 3.63) is 125 Å². The molecule has 2 amide bonds. The Kier molecular flexibility index (Phi) is 8.89. The SMILES string of the molecule is COc1ccc(-c2cccc(C(=O)NCc3cn(-c4cccc(CNC(=O)Cn5c(-c6scnc6C)nc6ccccc65)c4)nn3)n2)cc1. The van der Waals surface area contributed by atoms with Crippen LogP contribution in [0.2, 0.25) is 0 Å². The van der Waals surface area contributed by atoms with Crippen LogP contribution < -0.4 is 15.4 Å². The minimum atomic E-state index is -0.319. The molecule has 0 spiro atoms. The molecule has 244 valence electrons. The number of hydrogen-bond acceptors (Lipinski definition) is 9. The Balaban J connectivity index is 0.971. The van der Waals surface area contributed by atoms with Crippen molar-refractivity contribution in [3.63, 3.8) is 0 Å². The van der Waals surface area contributed by atoms with E-state index in [0.29, 0.717) is 23.6 Å². The minimum absolute atomic E-state index is 0.117. The molecule has 0 atom stereocenters. The minimum Gasteiger partial charge on any atom is -0.497 e. The highest BCUT2D eigenvalue weighted by Gasteiger charge is 2.18. The Labute approximate surface area is 285 Å². The number of nitrogens with one attached hydrogen (secondary N) is 2. The van der Waals surface area contributed by atoms with Gasteiger partial charge in [-0.05, 0) is 73.2 Å². The van der Waals surface area contributed by atoms with Gasteiger partial charge in [-0.2, -0.15) is 0 Å². The van der Waals surface area contributed by atoms with Crippen molar-refractivity contribution in [2.45, 2.75) is 26.6 Å². The zero-order valence-corrected chi connectivity index (χ0v) is 27.5. The number of aryl methyl sites for hydroxylation is 1. The maximum atomic E-state index is 13.2. The van der Waals surface area contributed by atoms with Crippen LogP contribution in [0.25, 0.3) is 38.7 Å². The molecule has 7 aromatic rings. The number of para-hydroxylation sites is 2. The second-order valence-electron chi connectivity index (χ2n) is 11.2. The lowest BCUT2D eigenvalue weighted by Gasteiger charge is -2.10. The van der Waals surface area contributed by atoms with Gasteiger partial charge in [-0.25, -0.2) is 19.6 Å². The number of methoxy groups -OCH3 is 1. The quantitative estimate of drug-likeness (QED) is 0.187. The molecule has 4 heterocycles. The monoisotopic (exact) mass is 669 g/mol. The van der Waals surface area contributed by atoms with Crippen LogP contribution in [0, 0.1) is 6.92 Å². The number of rotatable bonds is 11. The fraction of sp³-hybridized carbons (Fsp3) is 0.139. The Bertz CT molecular complexity index is 2270. The number of hydrogen-bond donors (Lipinski definition) is 2. The van der Waals surface area contributed by atoms with E-state index in [9.17, 15) is 9.59 Å². The maximum absolute atomic E-state index is 13.2. The van der Waals surface area contributed by atoms with Crippen LogP contribution in [-0.4, -0.2) is 53.4 Å². The molecule has 0 fully saturated rings. The van der Waals surface area contributed by atoms with Crippen LogP contribution in [-0.2, 0) is 24.4 Å². The van der Waals surface area contributed by atoms with E-state index >= 15 is 0 Å². The van der Waals surface area contributed by atoms with Gasteiger partial charge in [0.2, 0.25) is 5.91 Å². The number of benzene rings is 3. The number of aromatic nitrogens is 7. The van der Waals surface area contributed by atoms with Crippen LogP contribution >= 0.6 is 11.3 Å². The number of carbonyl (C=O) groups is 2. The van der Waals surface area contributed by atoms with Crippen LogP contribution in [0.4, 0.5) is 0 Å². The first-order chi connectivity index (χ1) is 23.9. The van der Waals surface area contributed by atoms with Crippen molar-refractivity contribution in [1.29, 1.82) is 0 Å². The average molecular weight is 670 g/mol. The lowest BCUT2D eigenvalue weighted by atomic mass is 10.1. The molecule has 49 heavy (non-hydrogen) atoms. The largest absolute Gasteiger partial charge is 0.497 e. The van der Waals surface area contributed by atoms with E-state index in [2.05, 4.69) is 30.9 Å². The molecule has 2 N–H and O–H groups in total. The summed E-state index contributed by atoms with van der Waals surface area (Å²) in [5.41, 5.74) is 8.49. The number of imidazole rings is 1. The Hall–Kier alpha value is -6.21. The van der Waals surface area contributed by atoms with Gasteiger partial charge in [0.05, 0.1) is 58.3 Å². The fourth-order valence-corrected chi connectivity index (χ4v) is 6.19. The topological polar surface area (TPSA) is 142 Å². The van der Waals surface area contributed by atoms with Crippen LogP contribution in [0.1, 0.15) is 27.4 Å². The molecule has 0 bridgehead atoms. The number of pyridine rings is 1. The summed E-state index contributed by atoms with van der Waals surface area (Å²) in [5.74, 6) is 1.02. The smallest absolute Gasteiger partial charge is 0.270 e. The summed E-state index contributed by atoms with van der Waals surface area (Å²) in [4.78, 5) is 40.8. The van der Waals surface area contributed by atoms with Crippen LogP contribution in [0.5, 0.6) is 5.75 Å². The van der Waals surface area contributed by atoms with Crippen molar-refractivity contribution in [3.8, 4) is 33.4 Å². The number of nitrogens with zero attached hydrogens (tertiary/aromatic N) is 7. The summed E-state index contributed by atoms with van der Waals surface area (Å²) in [7, 11) is 1.61. The zero-order valence-electron chi connectivity index (χ0n) is 26.7. The lowest BCUT2D eigenvalue weighted by Crippen LogP contribution is -2.27. The van der Waals surface area contributed by atoms with Crippen molar-refractivity contribution in [2.24, 2.45) is 0 Å². The molecule has 0 saturated heterocycles. The number of thiazole rings is 1. The number of carbonyl (C=O) groups excluding carboxylic acids is 2. The van der Waals surface area contributed by atoms with E-state index in [4.69, 9.17) is 9.72 Å². The molecular weight excluding hydrogens is 639 g/mol. The van der Waals surface area contributed by atoms with Crippen molar-refractivity contribution in [2.75, 3.05) is 7.11 Å². The summed E-state index contributed by atoms with van der Waals surface area (Å²) in [6.07, 6.45) is 1.76. The number of fused-ring (bicyclic) bond motifs is 1. The highest BCUT2D eigenvalue weighted by Crippen LogP contribution is 2.30. The summed E-state index contributed by atoms with van der Waals surface area (Å²) in [5, 5.41) is 14.4. The van der Waals surface area contributed by atoms with E-state index in [1.54, 1.807) is 35.6 Å². The van der Waals surface area contributed by atoms with Gasteiger partial charge in [-0.15, -0.1) is 16.4 Å². The number of ether oxygens (including phenoxy) is 1. The second-order valence-corrected chi connectivity index (χ2v) is 12.1. The molecule has 0 aliphatic rings. The van der Waals surface area contributed by atoms with Gasteiger partial charge in [0, 0.05) is 12.1 Å². The fourth-order valence-electron chi connectivity index (χ4n) is 5.39. The van der Waals surface area contributed by atoms with Crippen LogP contribution in [0.15, 0.2) is 103 Å². The lowest BCUT2D eigenvalue weighted by molar-refractivity contribution is -0.121. The van der Waals surface area contributed by atoms with Gasteiger partial charge < -0.3 is 19.9 Å². The van der Waals surface area contributed by atoms with Gasteiger partial charge >= 0.3 is 0 Å². The van der Waals surface area contributed by atoms with Gasteiger partial charge in [-0.1, -0.05) is 35.5 Å². The van der Waals surface area contributed by atoms with Crippen molar-refractivity contribution < 1.29 is 14.3 Å². The molecule has 12 nitrogen and oxygen atoms in total. The normalized spacial score (nSPS) is 11.1. The van der Waals surface area contributed by atoms with Crippen LogP contribution in [0.3, 0.4) is 0 Å². The zero-order chi connectivity index (χ0) is 33.7. The summed E-state index contributed by atoms with van der Waals surface area (Å²) >= 11 is 1.51. The third-order valence-corrected chi connectivity index (χ3v) is 8.83. The van der Waals surface area contributed by atoms with E-state index in [-0.39, 0.29) is 24.9 Å². The van der Waals surface area contributed by atoms with E-state index < -0.39 is 0 Å². The third-order valence-electron chi connectivity index (χ3n) is 7.91. The predicted molar refractivity (Wildman–Crippen MR) is 186 cm³/mol. The molecule has 7 rings (SSSR count). The standard InChI is InChI=1S/C36H31N9O3S/c1-23-34(49-22-39-23)35-41-30-9-3-4-12-32(30)44(35)21-33(46)37-18-24-7-5-8-27(17-24)45-20-26(42-43-45)19-38-36(47)31-11-6-10-29(40-31)25-13-15-28(48-2)16-14-25/h3-17,20,22H,18-19,21H2,1-2H3,(H,37,46)(H,38,47). The Morgan fingerprint density at radius 1 is 0.898 bits per heavy atom. The van der Waals surface area contributed by atoms with Crippen molar-refractivity contribution in [1.82, 2.24) is 45.1 Å². The Morgan fingerprint density at radius 2 is 1.73 bits per heavy atom. The van der Waals surface area contributed by atoms with Gasteiger partial charge in [-0.3, -0.25) is 9.59 Å². The molecule has 0 aliphatic carbocycles. The first-order valence-corrected chi connectivity index (χ1v) is 16.4. The molecule has 0 saturated carbocycles. The molecule has 0 aliphatic heterocycles. The van der Waals surface area contributed by atoms with Gasteiger partial charge in [0.1, 0.15) is 23.7 Å². The Morgan fingerprint density at radius 3 is 2.55 bits per heavy atom.